The van der Waals surface area contributed by atoms with Gasteiger partial charge in [0.15, 0.2) is 5.60 Å². The molecule has 2 aromatic carbocycles. The number of ether oxygens (including phenoxy) is 2. The minimum Gasteiger partial charge on any atom is -0.476 e. The summed E-state index contributed by atoms with van der Waals surface area (Å²) in [7, 11) is 0. The van der Waals surface area contributed by atoms with E-state index in [0.717, 1.165) is 24.0 Å². The molecule has 3 aromatic rings. The molecule has 0 saturated carbocycles. The van der Waals surface area contributed by atoms with Gasteiger partial charge < -0.3 is 13.9 Å². The third kappa shape index (κ3) is 7.31. The van der Waals surface area contributed by atoms with Crippen LogP contribution < -0.4 is 10.5 Å². The number of aryl methyl sites for hydroxylation is 2. The normalized spacial score (nSPS) is 11.9. The zero-order valence-electron chi connectivity index (χ0n) is 21.6. The first-order chi connectivity index (χ1) is 16.5. The van der Waals surface area contributed by atoms with Crippen molar-refractivity contribution >= 4 is 5.97 Å². The van der Waals surface area contributed by atoms with Crippen LogP contribution in [0, 0.1) is 0 Å². The monoisotopic (exact) mass is 480 g/mol. The average Bonchev–Trinajstić information content (AvgIpc) is 3.13. The Morgan fingerprint density at radius 2 is 1.57 bits per heavy atom. The van der Waals surface area contributed by atoms with Gasteiger partial charge in [0, 0.05) is 6.42 Å². The van der Waals surface area contributed by atoms with Gasteiger partial charge in [0.2, 0.25) is 5.89 Å². The molecule has 188 valence electrons. The van der Waals surface area contributed by atoms with Crippen LogP contribution in [0.3, 0.4) is 0 Å². The van der Waals surface area contributed by atoms with Gasteiger partial charge in [-0.25, -0.2) is 9.59 Å². The minimum absolute atomic E-state index is 0.0863. The van der Waals surface area contributed by atoms with Gasteiger partial charge >= 0.3 is 11.7 Å². The Kier molecular flexibility index (Phi) is 8.20. The van der Waals surface area contributed by atoms with Gasteiger partial charge in [-0.05, 0) is 67.9 Å². The Labute approximate surface area is 207 Å². The number of hydrogen-bond donors (Lipinski definition) is 0. The van der Waals surface area contributed by atoms with E-state index in [-0.39, 0.29) is 5.41 Å². The number of aromatic nitrogens is 2. The molecule has 0 atom stereocenters. The maximum atomic E-state index is 12.2. The number of benzene rings is 2. The summed E-state index contributed by atoms with van der Waals surface area (Å²) in [6.07, 6.45) is 2.15. The lowest BCUT2D eigenvalue weighted by Crippen LogP contribution is -2.39. The predicted molar refractivity (Wildman–Crippen MR) is 135 cm³/mol. The first-order valence-electron chi connectivity index (χ1n) is 12.1. The van der Waals surface area contributed by atoms with E-state index in [2.05, 4.69) is 38.0 Å². The molecule has 1 heterocycles. The fraction of sp³-hybridized carbons (Fsp3) is 0.464. The van der Waals surface area contributed by atoms with Crippen molar-refractivity contribution in [3.05, 3.63) is 81.7 Å². The van der Waals surface area contributed by atoms with Crippen molar-refractivity contribution in [3.8, 4) is 5.75 Å². The van der Waals surface area contributed by atoms with E-state index in [4.69, 9.17) is 13.9 Å². The molecule has 0 aliphatic rings. The fourth-order valence-electron chi connectivity index (χ4n) is 3.64. The molecule has 35 heavy (non-hydrogen) atoms. The summed E-state index contributed by atoms with van der Waals surface area (Å²) in [5.41, 5.74) is 2.41. The molecule has 0 fully saturated rings. The molecular weight excluding hydrogens is 444 g/mol. The van der Waals surface area contributed by atoms with Crippen LogP contribution in [0.1, 0.15) is 70.5 Å². The Bertz CT molecular complexity index is 1170. The molecular formula is C28H36N2O5. The van der Waals surface area contributed by atoms with Crippen LogP contribution >= 0.6 is 0 Å². The summed E-state index contributed by atoms with van der Waals surface area (Å²) in [6.45, 7) is 12.4. The summed E-state index contributed by atoms with van der Waals surface area (Å²) in [6, 6.07) is 15.9. The van der Waals surface area contributed by atoms with Crippen molar-refractivity contribution in [1.29, 1.82) is 0 Å². The van der Waals surface area contributed by atoms with Crippen molar-refractivity contribution in [2.24, 2.45) is 0 Å². The molecule has 7 heteroatoms. The van der Waals surface area contributed by atoms with E-state index in [1.807, 2.05) is 36.4 Å². The van der Waals surface area contributed by atoms with E-state index >= 15 is 0 Å². The second kappa shape index (κ2) is 10.9. The van der Waals surface area contributed by atoms with Gasteiger partial charge in [-0.3, -0.25) is 0 Å². The van der Waals surface area contributed by atoms with Crippen molar-refractivity contribution in [2.75, 3.05) is 6.61 Å². The van der Waals surface area contributed by atoms with Gasteiger partial charge in [-0.1, -0.05) is 57.2 Å². The number of hydrogen-bond acceptors (Lipinski definition) is 6. The number of rotatable bonds is 10. The Hall–Kier alpha value is -3.35. The first-order valence-corrected chi connectivity index (χ1v) is 12.1. The van der Waals surface area contributed by atoms with Gasteiger partial charge in [0.1, 0.15) is 5.75 Å². The molecule has 0 spiro atoms. The zero-order chi connectivity index (χ0) is 25.6. The largest absolute Gasteiger partial charge is 0.476 e. The predicted octanol–water partition coefficient (Wildman–Crippen LogP) is 5.08. The third-order valence-electron chi connectivity index (χ3n) is 5.72. The lowest BCUT2D eigenvalue weighted by Gasteiger charge is -2.24. The highest BCUT2D eigenvalue weighted by Crippen LogP contribution is 2.23. The zero-order valence-corrected chi connectivity index (χ0v) is 21.6. The lowest BCUT2D eigenvalue weighted by molar-refractivity contribution is -0.158. The fourth-order valence-corrected chi connectivity index (χ4v) is 3.64. The summed E-state index contributed by atoms with van der Waals surface area (Å²) in [4.78, 5) is 24.2. The quantitative estimate of drug-likeness (QED) is 0.377. The summed E-state index contributed by atoms with van der Waals surface area (Å²) in [5.74, 6) is 0.210. The summed E-state index contributed by atoms with van der Waals surface area (Å²) < 4.78 is 17.6. The maximum Gasteiger partial charge on any atom is 0.437 e. The van der Waals surface area contributed by atoms with E-state index in [9.17, 15) is 9.59 Å². The standard InChI is InChI=1S/C28H36N2O5/c1-7-33-25(31)28(5,6)35-23-17-13-20(14-18-23)9-8-10-24-29-30(26(32)34-24)19-21-11-15-22(16-12-21)27(2,3)4/h11-18H,7-10,19H2,1-6H3. The van der Waals surface area contributed by atoms with Gasteiger partial charge in [-0.2, -0.15) is 4.68 Å². The topological polar surface area (TPSA) is 83.6 Å². The number of nitrogens with zero attached hydrogens (tertiary/aromatic N) is 2. The van der Waals surface area contributed by atoms with Crippen LogP contribution in [-0.2, 0) is 34.3 Å². The van der Waals surface area contributed by atoms with Crippen LogP contribution in [0.4, 0.5) is 0 Å². The van der Waals surface area contributed by atoms with E-state index in [1.54, 1.807) is 20.8 Å². The molecule has 1 aromatic heterocycles. The van der Waals surface area contributed by atoms with Gasteiger partial charge in [-0.15, -0.1) is 5.10 Å². The van der Waals surface area contributed by atoms with Crippen molar-refractivity contribution in [1.82, 2.24) is 9.78 Å². The summed E-state index contributed by atoms with van der Waals surface area (Å²) in [5, 5.41) is 4.37. The van der Waals surface area contributed by atoms with Crippen LogP contribution in [0.5, 0.6) is 5.75 Å². The van der Waals surface area contributed by atoms with Gasteiger partial charge in [0.05, 0.1) is 13.2 Å². The maximum absolute atomic E-state index is 12.2. The third-order valence-corrected chi connectivity index (χ3v) is 5.72. The molecule has 0 saturated heterocycles. The molecule has 0 aliphatic heterocycles. The molecule has 0 bridgehead atoms. The highest BCUT2D eigenvalue weighted by atomic mass is 16.6. The molecule has 0 amide bonds. The van der Waals surface area contributed by atoms with Crippen molar-refractivity contribution in [2.45, 2.75) is 78.4 Å². The van der Waals surface area contributed by atoms with Crippen LogP contribution in [0.25, 0.3) is 0 Å². The Balaban J connectivity index is 1.52. The van der Waals surface area contributed by atoms with Gasteiger partial charge in [0.25, 0.3) is 0 Å². The number of carbonyl (C=O) groups excluding carboxylic acids is 1. The highest BCUT2D eigenvalue weighted by molar-refractivity contribution is 5.79. The van der Waals surface area contributed by atoms with E-state index in [0.29, 0.717) is 31.2 Å². The van der Waals surface area contributed by atoms with E-state index in [1.165, 1.54) is 10.2 Å². The molecule has 0 radical (unpaired) electrons. The first kappa shape index (κ1) is 26.3. The van der Waals surface area contributed by atoms with Crippen molar-refractivity contribution in [3.63, 3.8) is 0 Å². The molecule has 0 unspecified atom stereocenters. The number of carbonyl (C=O) groups is 1. The van der Waals surface area contributed by atoms with Crippen LogP contribution in [0.2, 0.25) is 0 Å². The van der Waals surface area contributed by atoms with Crippen molar-refractivity contribution < 1.29 is 18.7 Å². The second-order valence-electron chi connectivity index (χ2n) is 10.2. The Morgan fingerprint density at radius 3 is 2.17 bits per heavy atom. The molecule has 0 aliphatic carbocycles. The highest BCUT2D eigenvalue weighted by Gasteiger charge is 2.31. The second-order valence-corrected chi connectivity index (χ2v) is 10.2. The molecule has 7 nitrogen and oxygen atoms in total. The smallest absolute Gasteiger partial charge is 0.437 e. The SMILES string of the molecule is CCOC(=O)C(C)(C)Oc1ccc(CCCc2nn(Cc3ccc(C(C)(C)C)cc3)c(=O)o2)cc1. The molecule has 0 N–H and O–H groups in total. The lowest BCUT2D eigenvalue weighted by atomic mass is 9.87. The van der Waals surface area contributed by atoms with Crippen LogP contribution in [-0.4, -0.2) is 28.0 Å². The average molecular weight is 481 g/mol. The molecule has 3 rings (SSSR count). The van der Waals surface area contributed by atoms with Crippen LogP contribution in [0.15, 0.2) is 57.7 Å². The number of esters is 1. The minimum atomic E-state index is -1.05. The van der Waals surface area contributed by atoms with E-state index < -0.39 is 17.3 Å². The summed E-state index contributed by atoms with van der Waals surface area (Å²) >= 11 is 0. The Morgan fingerprint density at radius 1 is 0.943 bits per heavy atom.